The van der Waals surface area contributed by atoms with E-state index in [2.05, 4.69) is 20.2 Å². The molecule has 1 saturated heterocycles. The van der Waals surface area contributed by atoms with E-state index < -0.39 is 11.7 Å². The molecule has 1 unspecified atom stereocenters. The number of piperazine rings is 1. The van der Waals surface area contributed by atoms with Gasteiger partial charge < -0.3 is 15.1 Å². The SMILES string of the molecule is CCC(C)NC(=O)c1ccc(CSc2nc(Cl)cc(N3CCN(c4cccc(C(F)(F)F)c4)CC3)n2)cc1. The number of carbonyl (C=O) groups is 1. The maximum Gasteiger partial charge on any atom is 0.416 e. The second-order valence-electron chi connectivity index (χ2n) is 9.12. The van der Waals surface area contributed by atoms with Crippen LogP contribution in [0.25, 0.3) is 0 Å². The third-order valence-corrected chi connectivity index (χ3v) is 7.49. The third-order valence-electron chi connectivity index (χ3n) is 6.38. The van der Waals surface area contributed by atoms with E-state index in [9.17, 15) is 18.0 Å². The topological polar surface area (TPSA) is 61.4 Å². The fourth-order valence-electron chi connectivity index (χ4n) is 3.99. The number of hydrogen-bond donors (Lipinski definition) is 1. The van der Waals surface area contributed by atoms with E-state index in [0.717, 1.165) is 18.1 Å². The predicted octanol–water partition coefficient (Wildman–Crippen LogP) is 6.30. The summed E-state index contributed by atoms with van der Waals surface area (Å²) in [5, 5.41) is 3.82. The van der Waals surface area contributed by atoms with Gasteiger partial charge in [-0.15, -0.1) is 0 Å². The minimum Gasteiger partial charge on any atom is -0.368 e. The number of anilines is 2. The zero-order chi connectivity index (χ0) is 27.3. The molecule has 1 aliphatic heterocycles. The molecule has 1 amide bonds. The number of nitrogens with one attached hydrogen (secondary N) is 1. The zero-order valence-electron chi connectivity index (χ0n) is 21.1. The standard InChI is InChI=1S/C27H29ClF3N5OS/c1-3-18(2)32-25(37)20-9-7-19(8-10-20)17-38-26-33-23(28)16-24(34-26)36-13-11-35(12-14-36)22-6-4-5-21(15-22)27(29,30)31/h4-10,15-16,18H,3,11-14,17H2,1-2H3,(H,32,37). The summed E-state index contributed by atoms with van der Waals surface area (Å²) in [6, 6.07) is 14.7. The second-order valence-corrected chi connectivity index (χ2v) is 10.5. The molecule has 38 heavy (non-hydrogen) atoms. The van der Waals surface area contributed by atoms with Gasteiger partial charge in [0.15, 0.2) is 5.16 Å². The van der Waals surface area contributed by atoms with Crippen molar-refractivity contribution in [2.45, 2.75) is 43.4 Å². The van der Waals surface area contributed by atoms with Crippen molar-refractivity contribution in [1.82, 2.24) is 15.3 Å². The number of aromatic nitrogens is 2. The first-order chi connectivity index (χ1) is 18.1. The third kappa shape index (κ3) is 7.32. The molecule has 0 spiro atoms. The van der Waals surface area contributed by atoms with Crippen molar-refractivity contribution < 1.29 is 18.0 Å². The predicted molar refractivity (Wildman–Crippen MR) is 146 cm³/mol. The molecule has 3 aromatic rings. The van der Waals surface area contributed by atoms with Crippen LogP contribution in [-0.4, -0.2) is 48.1 Å². The molecule has 2 heterocycles. The molecular weight excluding hydrogens is 535 g/mol. The van der Waals surface area contributed by atoms with Gasteiger partial charge in [-0.3, -0.25) is 4.79 Å². The summed E-state index contributed by atoms with van der Waals surface area (Å²) in [5.74, 6) is 1.21. The molecule has 0 radical (unpaired) electrons. The van der Waals surface area contributed by atoms with Crippen molar-refractivity contribution in [3.63, 3.8) is 0 Å². The highest BCUT2D eigenvalue weighted by atomic mass is 35.5. The molecule has 1 N–H and O–H groups in total. The first kappa shape index (κ1) is 28.0. The van der Waals surface area contributed by atoms with Crippen LogP contribution in [0.15, 0.2) is 59.8 Å². The van der Waals surface area contributed by atoms with Crippen molar-refractivity contribution in [2.24, 2.45) is 0 Å². The lowest BCUT2D eigenvalue weighted by Crippen LogP contribution is -2.47. The van der Waals surface area contributed by atoms with E-state index in [4.69, 9.17) is 11.6 Å². The molecule has 0 aliphatic carbocycles. The molecule has 1 atom stereocenters. The van der Waals surface area contributed by atoms with Gasteiger partial charge in [0.2, 0.25) is 0 Å². The van der Waals surface area contributed by atoms with Crippen LogP contribution < -0.4 is 15.1 Å². The Bertz CT molecular complexity index is 1250. The van der Waals surface area contributed by atoms with Gasteiger partial charge in [0.05, 0.1) is 5.56 Å². The normalized spacial score (nSPS) is 14.9. The first-order valence-corrected chi connectivity index (χ1v) is 13.7. The van der Waals surface area contributed by atoms with E-state index in [1.807, 2.05) is 43.0 Å². The molecule has 1 aromatic heterocycles. The summed E-state index contributed by atoms with van der Waals surface area (Å²) in [4.78, 5) is 25.3. The average Bonchev–Trinajstić information content (AvgIpc) is 2.91. The van der Waals surface area contributed by atoms with Gasteiger partial charge in [-0.25, -0.2) is 9.97 Å². The van der Waals surface area contributed by atoms with Crippen LogP contribution >= 0.6 is 23.4 Å². The van der Waals surface area contributed by atoms with Gasteiger partial charge in [0.25, 0.3) is 5.91 Å². The Morgan fingerprint density at radius 2 is 1.74 bits per heavy atom. The molecule has 2 aromatic carbocycles. The Balaban J connectivity index is 1.35. The molecule has 1 aliphatic rings. The number of carbonyl (C=O) groups excluding carboxylic acids is 1. The lowest BCUT2D eigenvalue weighted by Gasteiger charge is -2.37. The van der Waals surface area contributed by atoms with Crippen LogP contribution in [0.3, 0.4) is 0 Å². The Labute approximate surface area is 229 Å². The van der Waals surface area contributed by atoms with Crippen molar-refractivity contribution in [3.8, 4) is 0 Å². The molecule has 1 fully saturated rings. The molecule has 0 saturated carbocycles. The van der Waals surface area contributed by atoms with Crippen molar-refractivity contribution in [2.75, 3.05) is 36.0 Å². The highest BCUT2D eigenvalue weighted by Gasteiger charge is 2.31. The summed E-state index contributed by atoms with van der Waals surface area (Å²) in [5.41, 5.74) is 1.55. The quantitative estimate of drug-likeness (QED) is 0.197. The number of nitrogens with zero attached hydrogens (tertiary/aromatic N) is 4. The molecule has 6 nitrogen and oxygen atoms in total. The largest absolute Gasteiger partial charge is 0.416 e. The number of alkyl halides is 3. The Kier molecular flexibility index (Phi) is 9.04. The number of halogens is 4. The van der Waals surface area contributed by atoms with Gasteiger partial charge in [-0.05, 0) is 49.2 Å². The Morgan fingerprint density at radius 3 is 2.39 bits per heavy atom. The van der Waals surface area contributed by atoms with Gasteiger partial charge in [-0.1, -0.05) is 48.5 Å². The van der Waals surface area contributed by atoms with E-state index in [-0.39, 0.29) is 11.9 Å². The fourth-order valence-corrected chi connectivity index (χ4v) is 5.03. The summed E-state index contributed by atoms with van der Waals surface area (Å²) in [6.07, 6.45) is -3.50. The summed E-state index contributed by atoms with van der Waals surface area (Å²) in [6.45, 7) is 6.29. The minimum atomic E-state index is -4.37. The lowest BCUT2D eigenvalue weighted by atomic mass is 10.1. The van der Waals surface area contributed by atoms with Gasteiger partial charge in [0, 0.05) is 55.3 Å². The lowest BCUT2D eigenvalue weighted by molar-refractivity contribution is -0.137. The van der Waals surface area contributed by atoms with Crippen LogP contribution in [0.1, 0.15) is 41.8 Å². The molecule has 4 rings (SSSR count). The zero-order valence-corrected chi connectivity index (χ0v) is 22.7. The van der Waals surface area contributed by atoms with Crippen LogP contribution in [0.2, 0.25) is 5.15 Å². The van der Waals surface area contributed by atoms with E-state index in [1.54, 1.807) is 12.1 Å². The Morgan fingerprint density at radius 1 is 1.05 bits per heavy atom. The number of amides is 1. The van der Waals surface area contributed by atoms with Gasteiger partial charge >= 0.3 is 6.18 Å². The molecule has 0 bridgehead atoms. The molecule has 202 valence electrons. The van der Waals surface area contributed by atoms with Crippen LogP contribution in [0.5, 0.6) is 0 Å². The minimum absolute atomic E-state index is 0.0884. The summed E-state index contributed by atoms with van der Waals surface area (Å²) < 4.78 is 39.3. The van der Waals surface area contributed by atoms with Crippen LogP contribution in [-0.2, 0) is 11.9 Å². The average molecular weight is 564 g/mol. The van der Waals surface area contributed by atoms with Crippen molar-refractivity contribution in [3.05, 3.63) is 76.4 Å². The monoisotopic (exact) mass is 563 g/mol. The number of hydrogen-bond acceptors (Lipinski definition) is 6. The number of rotatable bonds is 8. The maximum absolute atomic E-state index is 13.1. The smallest absolute Gasteiger partial charge is 0.368 e. The van der Waals surface area contributed by atoms with E-state index >= 15 is 0 Å². The van der Waals surface area contributed by atoms with Crippen molar-refractivity contribution in [1.29, 1.82) is 0 Å². The highest BCUT2D eigenvalue weighted by Crippen LogP contribution is 2.32. The summed E-state index contributed by atoms with van der Waals surface area (Å²) in [7, 11) is 0. The van der Waals surface area contributed by atoms with Gasteiger partial charge in [-0.2, -0.15) is 13.2 Å². The van der Waals surface area contributed by atoms with Crippen LogP contribution in [0, 0.1) is 0 Å². The number of benzene rings is 2. The van der Waals surface area contributed by atoms with E-state index in [0.29, 0.717) is 59.3 Å². The number of thioether (sulfide) groups is 1. The Hall–Kier alpha value is -2.98. The van der Waals surface area contributed by atoms with Crippen molar-refractivity contribution >= 4 is 40.8 Å². The van der Waals surface area contributed by atoms with E-state index in [1.165, 1.54) is 23.9 Å². The van der Waals surface area contributed by atoms with Crippen LogP contribution in [0.4, 0.5) is 24.7 Å². The summed E-state index contributed by atoms with van der Waals surface area (Å²) >= 11 is 7.74. The highest BCUT2D eigenvalue weighted by molar-refractivity contribution is 7.98. The van der Waals surface area contributed by atoms with Gasteiger partial charge in [0.1, 0.15) is 11.0 Å². The molecular formula is C27H29ClF3N5OS. The first-order valence-electron chi connectivity index (χ1n) is 12.4. The fraction of sp³-hybridized carbons (Fsp3) is 0.370. The molecule has 11 heteroatoms. The maximum atomic E-state index is 13.1. The second kappa shape index (κ2) is 12.3.